The van der Waals surface area contributed by atoms with Gasteiger partial charge in [-0.1, -0.05) is 27.2 Å². The number of carbonyl (C=O) groups excluding carboxylic acids is 1. The van der Waals surface area contributed by atoms with Gasteiger partial charge in [0.1, 0.15) is 0 Å². The van der Waals surface area contributed by atoms with Crippen LogP contribution in [0.5, 0.6) is 0 Å². The normalized spacial score (nSPS) is 30.7. The van der Waals surface area contributed by atoms with E-state index in [0.717, 1.165) is 19.3 Å². The monoisotopic (exact) mass is 270 g/mol. The molecule has 0 aromatic heterocycles. The van der Waals surface area contributed by atoms with Crippen LogP contribution in [-0.4, -0.2) is 22.6 Å². The fraction of sp³-hybridized carbons (Fsp3) is 0.867. The predicted octanol–water partition coefficient (Wildman–Crippen LogP) is 3.10. The molecular formula is C15H26O4. The van der Waals surface area contributed by atoms with Crippen molar-refractivity contribution in [2.24, 2.45) is 23.7 Å². The molecule has 1 rings (SSSR count). The number of ether oxygens (including phenoxy) is 1. The maximum atomic E-state index is 11.7. The van der Waals surface area contributed by atoms with Crippen LogP contribution < -0.4 is 0 Å². The highest BCUT2D eigenvalue weighted by Crippen LogP contribution is 2.44. The van der Waals surface area contributed by atoms with E-state index >= 15 is 0 Å². The molecule has 0 heterocycles. The van der Waals surface area contributed by atoms with Crippen LogP contribution in [-0.2, 0) is 14.3 Å². The first-order chi connectivity index (χ1) is 8.68. The molecule has 0 bridgehead atoms. The second-order valence-electron chi connectivity index (χ2n) is 6.44. The molecule has 4 nitrogen and oxygen atoms in total. The van der Waals surface area contributed by atoms with Crippen molar-refractivity contribution in [1.29, 1.82) is 0 Å². The Bertz CT molecular complexity index is 350. The van der Waals surface area contributed by atoms with Crippen LogP contribution in [0.15, 0.2) is 0 Å². The summed E-state index contributed by atoms with van der Waals surface area (Å²) in [7, 11) is 0. The molecule has 0 saturated heterocycles. The summed E-state index contributed by atoms with van der Waals surface area (Å²) in [5.74, 6) is -0.506. The van der Waals surface area contributed by atoms with E-state index in [1.807, 2.05) is 0 Å². The van der Waals surface area contributed by atoms with Gasteiger partial charge in [-0.3, -0.25) is 4.79 Å². The van der Waals surface area contributed by atoms with Gasteiger partial charge in [-0.05, 0) is 37.5 Å². The molecule has 0 aliphatic heterocycles. The molecule has 0 amide bonds. The zero-order valence-corrected chi connectivity index (χ0v) is 12.6. The average Bonchev–Trinajstić information content (AvgIpc) is 2.27. The first-order valence-electron chi connectivity index (χ1n) is 7.11. The molecule has 1 saturated carbocycles. The molecule has 4 heteroatoms. The average molecular weight is 270 g/mol. The Kier molecular flexibility index (Phi) is 4.99. The summed E-state index contributed by atoms with van der Waals surface area (Å²) in [6, 6.07) is 0. The number of carboxylic acid groups (broad SMARTS) is 1. The number of rotatable bonds is 4. The summed E-state index contributed by atoms with van der Waals surface area (Å²) < 4.78 is 5.23. The smallest absolute Gasteiger partial charge is 0.348 e. The minimum Gasteiger partial charge on any atom is -0.478 e. The van der Waals surface area contributed by atoms with Crippen LogP contribution in [0.25, 0.3) is 0 Å². The largest absolute Gasteiger partial charge is 0.478 e. The molecular weight excluding hydrogens is 244 g/mol. The van der Waals surface area contributed by atoms with E-state index in [1.54, 1.807) is 6.92 Å². The quantitative estimate of drug-likeness (QED) is 0.797. The molecule has 1 N–H and O–H groups in total. The summed E-state index contributed by atoms with van der Waals surface area (Å²) in [4.78, 5) is 22.9. The van der Waals surface area contributed by atoms with E-state index in [4.69, 9.17) is 4.74 Å². The number of carboxylic acids is 1. The molecule has 1 aliphatic carbocycles. The Morgan fingerprint density at radius 1 is 1.32 bits per heavy atom. The Labute approximate surface area is 115 Å². The third-order valence-electron chi connectivity index (χ3n) is 4.51. The van der Waals surface area contributed by atoms with Crippen molar-refractivity contribution >= 4 is 11.9 Å². The van der Waals surface area contributed by atoms with Gasteiger partial charge in [0.2, 0.25) is 5.60 Å². The lowest BCUT2D eigenvalue weighted by atomic mass is 9.64. The van der Waals surface area contributed by atoms with E-state index in [1.165, 1.54) is 6.92 Å². The summed E-state index contributed by atoms with van der Waals surface area (Å²) in [5.41, 5.74) is -1.41. The molecule has 1 aliphatic rings. The standard InChI is InChI=1S/C15H26O4/c1-9(2)12-7-6-10(3)8-13(12)15(5,14(17)18)19-11(4)16/h9-10,12-13H,6-8H2,1-5H3,(H,17,18)/t10-,12+,13+,15+/m1/s1. The lowest BCUT2D eigenvalue weighted by Crippen LogP contribution is -2.52. The Balaban J connectivity index is 3.08. The first-order valence-corrected chi connectivity index (χ1v) is 7.11. The lowest BCUT2D eigenvalue weighted by molar-refractivity contribution is -0.188. The molecule has 1 fully saturated rings. The third kappa shape index (κ3) is 3.48. The van der Waals surface area contributed by atoms with Gasteiger partial charge in [-0.2, -0.15) is 0 Å². The third-order valence-corrected chi connectivity index (χ3v) is 4.51. The first kappa shape index (κ1) is 16.0. The Morgan fingerprint density at radius 3 is 2.32 bits per heavy atom. The van der Waals surface area contributed by atoms with Gasteiger partial charge in [0.15, 0.2) is 0 Å². The van der Waals surface area contributed by atoms with Crippen molar-refractivity contribution in [2.75, 3.05) is 0 Å². The van der Waals surface area contributed by atoms with Crippen LogP contribution in [0.1, 0.15) is 53.9 Å². The number of hydrogen-bond donors (Lipinski definition) is 1. The van der Waals surface area contributed by atoms with Gasteiger partial charge in [0.05, 0.1) is 0 Å². The summed E-state index contributed by atoms with van der Waals surface area (Å²) >= 11 is 0. The van der Waals surface area contributed by atoms with E-state index < -0.39 is 17.5 Å². The molecule has 110 valence electrons. The van der Waals surface area contributed by atoms with E-state index in [0.29, 0.717) is 11.8 Å². The highest BCUT2D eigenvalue weighted by Gasteiger charge is 2.50. The number of aliphatic carboxylic acids is 1. The zero-order chi connectivity index (χ0) is 14.8. The number of hydrogen-bond acceptors (Lipinski definition) is 3. The van der Waals surface area contributed by atoms with Gasteiger partial charge in [0, 0.05) is 12.8 Å². The van der Waals surface area contributed by atoms with E-state index in [-0.39, 0.29) is 11.8 Å². The molecule has 0 radical (unpaired) electrons. The SMILES string of the molecule is CC(=O)O[C@](C)(C(=O)O)[C@H]1C[C@H](C)CC[C@H]1C(C)C. The second-order valence-corrected chi connectivity index (χ2v) is 6.44. The zero-order valence-electron chi connectivity index (χ0n) is 12.6. The highest BCUT2D eigenvalue weighted by molar-refractivity contribution is 5.81. The predicted molar refractivity (Wildman–Crippen MR) is 72.6 cm³/mol. The van der Waals surface area contributed by atoms with E-state index in [9.17, 15) is 14.7 Å². The molecule has 0 spiro atoms. The van der Waals surface area contributed by atoms with Crippen molar-refractivity contribution in [3.05, 3.63) is 0 Å². The number of esters is 1. The number of carbonyl (C=O) groups is 2. The summed E-state index contributed by atoms with van der Waals surface area (Å²) in [6.45, 7) is 9.19. The van der Waals surface area contributed by atoms with Gasteiger partial charge >= 0.3 is 11.9 Å². The van der Waals surface area contributed by atoms with Crippen molar-refractivity contribution in [3.8, 4) is 0 Å². The molecule has 0 unspecified atom stereocenters. The minimum atomic E-state index is -1.41. The topological polar surface area (TPSA) is 63.6 Å². The fourth-order valence-corrected chi connectivity index (χ4v) is 3.41. The minimum absolute atomic E-state index is 0.113. The molecule has 0 aromatic carbocycles. The Morgan fingerprint density at radius 2 is 1.89 bits per heavy atom. The van der Waals surface area contributed by atoms with Gasteiger partial charge in [0.25, 0.3) is 0 Å². The maximum Gasteiger partial charge on any atom is 0.348 e. The van der Waals surface area contributed by atoms with Gasteiger partial charge in [-0.25, -0.2) is 4.79 Å². The summed E-state index contributed by atoms with van der Waals surface area (Å²) in [5, 5.41) is 9.54. The lowest BCUT2D eigenvalue weighted by Gasteiger charge is -2.44. The van der Waals surface area contributed by atoms with Crippen LogP contribution in [0.4, 0.5) is 0 Å². The van der Waals surface area contributed by atoms with Gasteiger partial charge in [-0.15, -0.1) is 0 Å². The molecule has 0 aromatic rings. The van der Waals surface area contributed by atoms with Crippen molar-refractivity contribution in [1.82, 2.24) is 0 Å². The van der Waals surface area contributed by atoms with Crippen LogP contribution in [0.2, 0.25) is 0 Å². The molecule has 4 atom stereocenters. The van der Waals surface area contributed by atoms with E-state index in [2.05, 4.69) is 20.8 Å². The van der Waals surface area contributed by atoms with Crippen molar-refractivity contribution in [3.63, 3.8) is 0 Å². The maximum absolute atomic E-state index is 11.7. The fourth-order valence-electron chi connectivity index (χ4n) is 3.41. The Hall–Kier alpha value is -1.06. The second kappa shape index (κ2) is 5.93. The van der Waals surface area contributed by atoms with Crippen LogP contribution in [0.3, 0.4) is 0 Å². The molecule has 19 heavy (non-hydrogen) atoms. The van der Waals surface area contributed by atoms with Crippen molar-refractivity contribution < 1.29 is 19.4 Å². The van der Waals surface area contributed by atoms with Gasteiger partial charge < -0.3 is 9.84 Å². The summed E-state index contributed by atoms with van der Waals surface area (Å²) in [6.07, 6.45) is 2.93. The van der Waals surface area contributed by atoms with Crippen LogP contribution >= 0.6 is 0 Å². The van der Waals surface area contributed by atoms with Crippen LogP contribution in [0, 0.1) is 23.7 Å². The van der Waals surface area contributed by atoms with Crippen molar-refractivity contribution in [2.45, 2.75) is 59.5 Å². The highest BCUT2D eigenvalue weighted by atomic mass is 16.6.